The van der Waals surface area contributed by atoms with E-state index in [-0.39, 0.29) is 24.0 Å². The van der Waals surface area contributed by atoms with Gasteiger partial charge in [-0.25, -0.2) is 0 Å². The van der Waals surface area contributed by atoms with Crippen LogP contribution in [0.3, 0.4) is 0 Å². The van der Waals surface area contributed by atoms with Crippen molar-refractivity contribution in [3.8, 4) is 11.5 Å². The molecule has 0 aliphatic heterocycles. The fourth-order valence-electron chi connectivity index (χ4n) is 2.91. The molecule has 3 rings (SSSR count). The van der Waals surface area contributed by atoms with Gasteiger partial charge in [0, 0.05) is 12.8 Å². The second kappa shape index (κ2) is 4.00. The van der Waals surface area contributed by atoms with Crippen LogP contribution in [0.5, 0.6) is 11.5 Å². The maximum Gasteiger partial charge on any atom is 0.179 e. The van der Waals surface area contributed by atoms with Gasteiger partial charge in [-0.2, -0.15) is 0 Å². The minimum atomic E-state index is -1.36. The molecule has 1 saturated carbocycles. The van der Waals surface area contributed by atoms with E-state index in [2.05, 4.69) is 0 Å². The number of phenols is 2. The monoisotopic (exact) mass is 274 g/mol. The summed E-state index contributed by atoms with van der Waals surface area (Å²) in [5.74, 6) is -6.14. The third kappa shape index (κ3) is 1.44. The number of Topliss-reactive ketones (excluding diaryl/α,β-unsaturated/α-hetero) is 4. The smallest absolute Gasteiger partial charge is 0.179 e. The van der Waals surface area contributed by atoms with Gasteiger partial charge < -0.3 is 10.2 Å². The lowest BCUT2D eigenvalue weighted by Crippen LogP contribution is -2.48. The molecule has 0 spiro atoms. The molecule has 1 aromatic rings. The van der Waals surface area contributed by atoms with Gasteiger partial charge >= 0.3 is 0 Å². The molecule has 20 heavy (non-hydrogen) atoms. The van der Waals surface area contributed by atoms with Crippen LogP contribution in [0.1, 0.15) is 33.6 Å². The fraction of sp³-hybridized carbons (Fsp3) is 0.286. The number of hydrogen-bond acceptors (Lipinski definition) is 6. The van der Waals surface area contributed by atoms with E-state index in [1.165, 1.54) is 0 Å². The number of aromatic hydroxyl groups is 2. The van der Waals surface area contributed by atoms with Crippen LogP contribution in [0.2, 0.25) is 0 Å². The summed E-state index contributed by atoms with van der Waals surface area (Å²) in [7, 11) is 0. The topological polar surface area (TPSA) is 109 Å². The van der Waals surface area contributed by atoms with Crippen LogP contribution < -0.4 is 0 Å². The predicted octanol–water partition coefficient (Wildman–Crippen LogP) is 0.641. The summed E-state index contributed by atoms with van der Waals surface area (Å²) in [5, 5.41) is 19.5. The maximum atomic E-state index is 12.3. The molecule has 6 nitrogen and oxygen atoms in total. The van der Waals surface area contributed by atoms with Crippen molar-refractivity contribution in [2.45, 2.75) is 12.8 Å². The van der Waals surface area contributed by atoms with Gasteiger partial charge in [0.05, 0.1) is 23.0 Å². The zero-order chi connectivity index (χ0) is 14.6. The minimum absolute atomic E-state index is 0.0755. The van der Waals surface area contributed by atoms with Crippen molar-refractivity contribution >= 4 is 23.1 Å². The Kier molecular flexibility index (Phi) is 2.50. The van der Waals surface area contributed by atoms with Crippen LogP contribution in [0.15, 0.2) is 12.1 Å². The van der Waals surface area contributed by atoms with E-state index in [0.29, 0.717) is 0 Å². The van der Waals surface area contributed by atoms with Crippen LogP contribution in [-0.2, 0) is 9.59 Å². The molecular weight excluding hydrogens is 264 g/mol. The average Bonchev–Trinajstić information content (AvgIpc) is 2.41. The Bertz CT molecular complexity index is 628. The molecule has 0 bridgehead atoms. The highest BCUT2D eigenvalue weighted by molar-refractivity contribution is 6.30. The molecule has 0 radical (unpaired) electrons. The van der Waals surface area contributed by atoms with Crippen molar-refractivity contribution in [3.05, 3.63) is 23.3 Å². The molecule has 0 heterocycles. The molecule has 1 fully saturated rings. The molecule has 2 aliphatic carbocycles. The zero-order valence-corrected chi connectivity index (χ0v) is 10.3. The average molecular weight is 274 g/mol. The van der Waals surface area contributed by atoms with Gasteiger partial charge in [0.15, 0.2) is 11.6 Å². The highest BCUT2D eigenvalue weighted by Crippen LogP contribution is 2.42. The van der Waals surface area contributed by atoms with Crippen LogP contribution in [-0.4, -0.2) is 33.3 Å². The number of phenolic OH excluding ortho intramolecular Hbond substituents is 2. The standard InChI is InChI=1S/C14H10O6/c15-5-1-2-6(16)10-9(5)13(19)11-7(17)3-4-8(18)12(11)14(10)20/h1-2,11-12,15-16H,3-4H2. The highest BCUT2D eigenvalue weighted by Gasteiger charge is 2.52. The van der Waals surface area contributed by atoms with Gasteiger partial charge in [-0.05, 0) is 12.1 Å². The molecule has 6 heteroatoms. The van der Waals surface area contributed by atoms with E-state index in [9.17, 15) is 29.4 Å². The van der Waals surface area contributed by atoms with Gasteiger partial charge in [-0.15, -0.1) is 0 Å². The predicted molar refractivity (Wildman–Crippen MR) is 64.7 cm³/mol. The Balaban J connectivity index is 2.29. The van der Waals surface area contributed by atoms with Crippen molar-refractivity contribution in [2.75, 3.05) is 0 Å². The van der Waals surface area contributed by atoms with Gasteiger partial charge in [-0.3, -0.25) is 19.2 Å². The quantitative estimate of drug-likeness (QED) is 0.531. The summed E-state index contributed by atoms with van der Waals surface area (Å²) in [6.07, 6.45) is -0.151. The lowest BCUT2D eigenvalue weighted by Gasteiger charge is -2.32. The van der Waals surface area contributed by atoms with Crippen molar-refractivity contribution in [3.63, 3.8) is 0 Å². The summed E-state index contributed by atoms with van der Waals surface area (Å²) in [4.78, 5) is 48.4. The normalized spacial score (nSPS) is 25.4. The third-order valence-corrected chi connectivity index (χ3v) is 3.86. The van der Waals surface area contributed by atoms with Gasteiger partial charge in [0.1, 0.15) is 23.1 Å². The van der Waals surface area contributed by atoms with Crippen molar-refractivity contribution < 1.29 is 29.4 Å². The van der Waals surface area contributed by atoms with E-state index >= 15 is 0 Å². The van der Waals surface area contributed by atoms with Gasteiger partial charge in [0.2, 0.25) is 0 Å². The highest BCUT2D eigenvalue weighted by atomic mass is 16.3. The summed E-state index contributed by atoms with van der Waals surface area (Å²) in [6.45, 7) is 0. The molecule has 102 valence electrons. The first kappa shape index (κ1) is 12.5. The van der Waals surface area contributed by atoms with Crippen LogP contribution in [0, 0.1) is 11.8 Å². The van der Waals surface area contributed by atoms with Gasteiger partial charge in [0.25, 0.3) is 0 Å². The summed E-state index contributed by atoms with van der Waals surface area (Å²) in [5.41, 5.74) is -0.724. The molecule has 2 N–H and O–H groups in total. The second-order valence-electron chi connectivity index (χ2n) is 4.97. The van der Waals surface area contributed by atoms with Crippen molar-refractivity contribution in [2.24, 2.45) is 11.8 Å². The Labute approximate surface area is 113 Å². The largest absolute Gasteiger partial charge is 0.507 e. The summed E-state index contributed by atoms with van der Waals surface area (Å²) < 4.78 is 0. The number of benzene rings is 1. The number of carbonyl (C=O) groups is 4. The molecule has 0 amide bonds. The second-order valence-corrected chi connectivity index (χ2v) is 4.97. The van der Waals surface area contributed by atoms with E-state index in [1.807, 2.05) is 0 Å². The zero-order valence-electron chi connectivity index (χ0n) is 10.3. The van der Waals surface area contributed by atoms with Crippen LogP contribution in [0.4, 0.5) is 0 Å². The number of rotatable bonds is 0. The van der Waals surface area contributed by atoms with Crippen LogP contribution in [0.25, 0.3) is 0 Å². The first-order valence-electron chi connectivity index (χ1n) is 6.12. The first-order chi connectivity index (χ1) is 9.43. The maximum absolute atomic E-state index is 12.3. The SMILES string of the molecule is O=C1CCC(=O)C2C(=O)c3c(O)ccc(O)c3C(=O)C12. The summed E-state index contributed by atoms with van der Waals surface area (Å²) >= 11 is 0. The Morgan fingerprint density at radius 2 is 1.10 bits per heavy atom. The van der Waals surface area contributed by atoms with Crippen molar-refractivity contribution in [1.82, 2.24) is 0 Å². The molecule has 0 aromatic heterocycles. The van der Waals surface area contributed by atoms with Gasteiger partial charge in [-0.1, -0.05) is 0 Å². The molecular formula is C14H10O6. The lowest BCUT2D eigenvalue weighted by molar-refractivity contribution is -0.134. The Morgan fingerprint density at radius 3 is 1.45 bits per heavy atom. The first-order valence-corrected chi connectivity index (χ1v) is 6.12. The molecule has 0 saturated heterocycles. The van der Waals surface area contributed by atoms with E-state index < -0.39 is 46.5 Å². The molecule has 2 unspecified atom stereocenters. The van der Waals surface area contributed by atoms with Crippen molar-refractivity contribution in [1.29, 1.82) is 0 Å². The van der Waals surface area contributed by atoms with E-state index in [0.717, 1.165) is 12.1 Å². The lowest BCUT2D eigenvalue weighted by atomic mass is 9.66. The van der Waals surface area contributed by atoms with E-state index in [4.69, 9.17) is 0 Å². The summed E-state index contributed by atoms with van der Waals surface area (Å²) in [6, 6.07) is 2.16. The Morgan fingerprint density at radius 1 is 0.750 bits per heavy atom. The van der Waals surface area contributed by atoms with E-state index in [1.54, 1.807) is 0 Å². The number of ketones is 4. The number of hydrogen-bond donors (Lipinski definition) is 2. The number of carbonyl (C=O) groups excluding carboxylic acids is 4. The molecule has 1 aromatic carbocycles. The molecule has 2 aliphatic rings. The minimum Gasteiger partial charge on any atom is -0.507 e. The fourth-order valence-corrected chi connectivity index (χ4v) is 2.91. The molecule has 2 atom stereocenters. The third-order valence-electron chi connectivity index (χ3n) is 3.86. The number of fused-ring (bicyclic) bond motifs is 2. The van der Waals surface area contributed by atoms with Crippen LogP contribution >= 0.6 is 0 Å². The Hall–Kier alpha value is -2.50.